The molecular formula is C47H63N5O11. The molecule has 1 unspecified atom stereocenters. The Morgan fingerprint density at radius 2 is 1.49 bits per heavy atom. The van der Waals surface area contributed by atoms with Gasteiger partial charge in [-0.25, -0.2) is 4.98 Å². The summed E-state index contributed by atoms with van der Waals surface area (Å²) in [5.41, 5.74) is 3.49. The van der Waals surface area contributed by atoms with Gasteiger partial charge in [0.15, 0.2) is 0 Å². The van der Waals surface area contributed by atoms with Crippen LogP contribution in [0.1, 0.15) is 81.4 Å². The fourth-order valence-electron chi connectivity index (χ4n) is 6.86. The van der Waals surface area contributed by atoms with Crippen LogP contribution in [-0.4, -0.2) is 116 Å². The number of carbonyl (C=O) groups excluding carboxylic acids is 5. The summed E-state index contributed by atoms with van der Waals surface area (Å²) in [6.07, 6.45) is 5.49. The van der Waals surface area contributed by atoms with E-state index in [0.29, 0.717) is 122 Å². The number of carboxylic acids is 1. The van der Waals surface area contributed by atoms with Crippen LogP contribution < -0.4 is 20.7 Å². The smallest absolute Gasteiger partial charge is 0.304 e. The molecular weight excluding hydrogens is 811 g/mol. The van der Waals surface area contributed by atoms with E-state index in [1.165, 1.54) is 6.92 Å². The zero-order valence-corrected chi connectivity index (χ0v) is 36.4. The van der Waals surface area contributed by atoms with Crippen LogP contribution in [0, 0.1) is 5.92 Å². The number of aliphatic carboxylic acids is 1. The van der Waals surface area contributed by atoms with Crippen LogP contribution in [0.3, 0.4) is 0 Å². The SMILES string of the molecule is CC(=O)CC(=O)CCc1ccc(NC(=O)CCCC(=O)NCCCOCCOCCOCCCN2Cc3ccc(OCCCNc4ccccn4)cc3CC(CC(=O)O)C2=O)cc1. The molecule has 342 valence electrons. The summed E-state index contributed by atoms with van der Waals surface area (Å²) < 4.78 is 22.9. The molecule has 0 fully saturated rings. The molecule has 1 aliphatic rings. The van der Waals surface area contributed by atoms with Gasteiger partial charge in [-0.05, 0) is 98.5 Å². The van der Waals surface area contributed by atoms with E-state index in [1.54, 1.807) is 23.2 Å². The number of Topliss-reactive ketones (excluding diaryl/α,β-unsaturated/α-hetero) is 2. The van der Waals surface area contributed by atoms with Crippen LogP contribution in [0.2, 0.25) is 0 Å². The van der Waals surface area contributed by atoms with E-state index < -0.39 is 11.9 Å². The Bertz CT molecular complexity index is 1890. The number of nitrogens with zero attached hydrogens (tertiary/aromatic N) is 2. The monoisotopic (exact) mass is 873 g/mol. The quantitative estimate of drug-likeness (QED) is 0.0472. The number of amides is 3. The highest BCUT2D eigenvalue weighted by atomic mass is 16.5. The second kappa shape index (κ2) is 28.8. The standard InChI is InChI=1S/C47H63N5O11/c1-35(53)30-41(54)17-13-36-11-15-40(16-12-36)51-45(56)10-4-9-44(55)50-21-5-23-60-26-28-62-29-27-61-24-7-22-52-34-37-14-18-42(32-38(37)31-39(47(52)59)33-46(57)58)63-25-6-20-49-43-8-2-3-19-48-43/h2-3,8,11-12,14-16,18-19,32,39H,4-7,9-10,13,17,20-31,33-34H2,1H3,(H,48,49)(H,50,55)(H,51,56)(H,57,58). The van der Waals surface area contributed by atoms with E-state index in [2.05, 4.69) is 20.9 Å². The van der Waals surface area contributed by atoms with Crippen molar-refractivity contribution in [2.24, 2.45) is 5.92 Å². The number of hydrogen-bond acceptors (Lipinski definition) is 12. The molecule has 16 nitrogen and oxygen atoms in total. The molecule has 1 atom stereocenters. The van der Waals surface area contributed by atoms with Gasteiger partial charge in [0.2, 0.25) is 17.7 Å². The second-order valence-corrected chi connectivity index (χ2v) is 15.4. The summed E-state index contributed by atoms with van der Waals surface area (Å²) in [5, 5.41) is 18.5. The van der Waals surface area contributed by atoms with Crippen molar-refractivity contribution in [3.8, 4) is 5.75 Å². The van der Waals surface area contributed by atoms with E-state index in [-0.39, 0.29) is 55.0 Å². The molecule has 0 saturated carbocycles. The Balaban J connectivity index is 0.978. The van der Waals surface area contributed by atoms with Crippen LogP contribution in [0.15, 0.2) is 66.9 Å². The number of pyridine rings is 1. The van der Waals surface area contributed by atoms with Crippen molar-refractivity contribution < 1.29 is 52.8 Å². The average molecular weight is 874 g/mol. The molecule has 1 aliphatic heterocycles. The third-order valence-corrected chi connectivity index (χ3v) is 10.1. The van der Waals surface area contributed by atoms with Crippen molar-refractivity contribution in [3.05, 3.63) is 83.6 Å². The minimum absolute atomic E-state index is 0.0421. The molecule has 0 radical (unpaired) electrons. The first kappa shape index (κ1) is 49.9. The highest BCUT2D eigenvalue weighted by Crippen LogP contribution is 2.28. The van der Waals surface area contributed by atoms with Gasteiger partial charge in [0.25, 0.3) is 0 Å². The Kier molecular flexibility index (Phi) is 22.8. The van der Waals surface area contributed by atoms with Gasteiger partial charge in [-0.1, -0.05) is 24.3 Å². The lowest BCUT2D eigenvalue weighted by atomic mass is 9.94. The number of rotatable bonds is 32. The van der Waals surface area contributed by atoms with Crippen molar-refractivity contribution in [1.82, 2.24) is 15.2 Å². The Morgan fingerprint density at radius 1 is 0.778 bits per heavy atom. The van der Waals surface area contributed by atoms with Crippen molar-refractivity contribution >= 4 is 46.8 Å². The number of fused-ring (bicyclic) bond motifs is 1. The molecule has 1 aromatic heterocycles. The van der Waals surface area contributed by atoms with Crippen LogP contribution in [0.25, 0.3) is 0 Å². The van der Waals surface area contributed by atoms with Crippen LogP contribution in [-0.2, 0) is 62.4 Å². The maximum absolute atomic E-state index is 13.4. The number of benzene rings is 2. The summed E-state index contributed by atoms with van der Waals surface area (Å²) in [6, 6.07) is 18.7. The lowest BCUT2D eigenvalue weighted by molar-refractivity contribution is -0.144. The van der Waals surface area contributed by atoms with Gasteiger partial charge < -0.3 is 44.9 Å². The van der Waals surface area contributed by atoms with Gasteiger partial charge in [0.1, 0.15) is 23.1 Å². The van der Waals surface area contributed by atoms with E-state index in [1.807, 2.05) is 48.5 Å². The molecule has 3 aromatic rings. The Hall–Kier alpha value is -5.71. The average Bonchev–Trinajstić information content (AvgIpc) is 3.38. The van der Waals surface area contributed by atoms with Gasteiger partial charge in [0.05, 0.1) is 51.8 Å². The van der Waals surface area contributed by atoms with Crippen LogP contribution >= 0.6 is 0 Å². The number of hydrogen-bond donors (Lipinski definition) is 4. The van der Waals surface area contributed by atoms with Gasteiger partial charge in [-0.3, -0.25) is 28.8 Å². The summed E-state index contributed by atoms with van der Waals surface area (Å²) in [7, 11) is 0. The fraction of sp³-hybridized carbons (Fsp3) is 0.511. The zero-order valence-electron chi connectivity index (χ0n) is 36.4. The largest absolute Gasteiger partial charge is 0.494 e. The number of ketones is 2. The third kappa shape index (κ3) is 20.8. The highest BCUT2D eigenvalue weighted by Gasteiger charge is 2.31. The molecule has 0 bridgehead atoms. The molecule has 0 spiro atoms. The molecule has 63 heavy (non-hydrogen) atoms. The lowest BCUT2D eigenvalue weighted by Gasteiger charge is -2.24. The van der Waals surface area contributed by atoms with Crippen LogP contribution in [0.5, 0.6) is 5.75 Å². The van der Waals surface area contributed by atoms with E-state index >= 15 is 0 Å². The number of nitrogens with one attached hydrogen (secondary N) is 3. The van der Waals surface area contributed by atoms with Gasteiger partial charge in [0, 0.05) is 70.5 Å². The number of carbonyl (C=O) groups is 6. The summed E-state index contributed by atoms with van der Waals surface area (Å²) in [4.78, 5) is 78.3. The van der Waals surface area contributed by atoms with Crippen molar-refractivity contribution in [3.63, 3.8) is 0 Å². The highest BCUT2D eigenvalue weighted by molar-refractivity contribution is 5.98. The van der Waals surface area contributed by atoms with E-state index in [0.717, 1.165) is 28.9 Å². The molecule has 3 amide bonds. The molecule has 16 heteroatoms. The first-order valence-corrected chi connectivity index (χ1v) is 21.9. The lowest BCUT2D eigenvalue weighted by Crippen LogP contribution is -2.36. The summed E-state index contributed by atoms with van der Waals surface area (Å²) in [6.45, 7) is 6.36. The molecule has 4 N–H and O–H groups in total. The number of ether oxygens (including phenoxy) is 4. The topological polar surface area (TPSA) is 212 Å². The van der Waals surface area contributed by atoms with Gasteiger partial charge in [-0.15, -0.1) is 0 Å². The van der Waals surface area contributed by atoms with Crippen LogP contribution in [0.4, 0.5) is 11.5 Å². The molecule has 2 aromatic carbocycles. The first-order chi connectivity index (χ1) is 30.5. The normalized spacial score (nSPS) is 13.4. The third-order valence-electron chi connectivity index (χ3n) is 10.1. The molecule has 2 heterocycles. The Morgan fingerprint density at radius 3 is 2.21 bits per heavy atom. The predicted molar refractivity (Wildman–Crippen MR) is 236 cm³/mol. The maximum atomic E-state index is 13.4. The van der Waals surface area contributed by atoms with Crippen molar-refractivity contribution in [2.75, 3.05) is 76.5 Å². The van der Waals surface area contributed by atoms with Gasteiger partial charge in [-0.2, -0.15) is 0 Å². The fourth-order valence-corrected chi connectivity index (χ4v) is 6.86. The minimum Gasteiger partial charge on any atom is -0.494 e. The van der Waals surface area contributed by atoms with Crippen molar-refractivity contribution in [2.45, 2.75) is 84.1 Å². The zero-order chi connectivity index (χ0) is 45.1. The minimum atomic E-state index is -1.01. The van der Waals surface area contributed by atoms with E-state index in [4.69, 9.17) is 18.9 Å². The molecule has 0 saturated heterocycles. The Labute approximate surface area is 369 Å². The maximum Gasteiger partial charge on any atom is 0.304 e. The first-order valence-electron chi connectivity index (χ1n) is 21.9. The number of carboxylic acid groups (broad SMARTS) is 1. The number of aromatic nitrogens is 1. The number of aryl methyl sites for hydroxylation is 1. The predicted octanol–water partition coefficient (Wildman–Crippen LogP) is 5.17. The summed E-state index contributed by atoms with van der Waals surface area (Å²) >= 11 is 0. The second-order valence-electron chi connectivity index (χ2n) is 15.4. The van der Waals surface area contributed by atoms with Crippen molar-refractivity contribution in [1.29, 1.82) is 0 Å². The summed E-state index contributed by atoms with van der Waals surface area (Å²) in [5.74, 6) is -0.873. The van der Waals surface area contributed by atoms with E-state index in [9.17, 15) is 33.9 Å². The molecule has 0 aliphatic carbocycles. The molecule has 4 rings (SSSR count). The van der Waals surface area contributed by atoms with Gasteiger partial charge >= 0.3 is 5.97 Å². The number of anilines is 2.